The summed E-state index contributed by atoms with van der Waals surface area (Å²) < 4.78 is 38.8. The first-order valence-corrected chi connectivity index (χ1v) is 8.75. The van der Waals surface area contributed by atoms with Crippen molar-refractivity contribution in [3.05, 3.63) is 63.4 Å². The quantitative estimate of drug-likeness (QED) is 0.423. The van der Waals surface area contributed by atoms with Gasteiger partial charge in [-0.05, 0) is 30.3 Å². The molecule has 0 amide bonds. The Hall–Kier alpha value is -2.42. The molecule has 0 bridgehead atoms. The molecule has 5 nitrogen and oxygen atoms in total. The fourth-order valence-electron chi connectivity index (χ4n) is 2.25. The van der Waals surface area contributed by atoms with Gasteiger partial charge in [0.2, 0.25) is 0 Å². The molecule has 11 heteroatoms. The maximum atomic E-state index is 12.9. The molecule has 3 aromatic rings. The molecule has 0 spiro atoms. The highest BCUT2D eigenvalue weighted by molar-refractivity contribution is 6.43. The summed E-state index contributed by atoms with van der Waals surface area (Å²) in [5, 5.41) is 6.27. The Morgan fingerprint density at radius 3 is 2.14 bits per heavy atom. The molecule has 2 aromatic carbocycles. The summed E-state index contributed by atoms with van der Waals surface area (Å²) in [4.78, 5) is 7.99. The third-order valence-electron chi connectivity index (χ3n) is 3.64. The topological polar surface area (TPSA) is 75.9 Å². The van der Waals surface area contributed by atoms with Crippen LogP contribution in [-0.4, -0.2) is 9.97 Å². The second-order valence-electron chi connectivity index (χ2n) is 5.53. The van der Waals surface area contributed by atoms with Crippen LogP contribution in [0.25, 0.3) is 0 Å². The van der Waals surface area contributed by atoms with E-state index in [1.165, 1.54) is 6.33 Å². The van der Waals surface area contributed by atoms with E-state index in [0.29, 0.717) is 10.7 Å². The van der Waals surface area contributed by atoms with Crippen LogP contribution in [0, 0.1) is 0 Å². The molecule has 0 saturated heterocycles. The molecule has 0 aliphatic rings. The Kier molecular flexibility index (Phi) is 5.74. The third-order valence-corrected chi connectivity index (χ3v) is 4.78. The lowest BCUT2D eigenvalue weighted by Gasteiger charge is -2.15. The average Bonchev–Trinajstić information content (AvgIpc) is 2.63. The highest BCUT2D eigenvalue weighted by atomic mass is 35.5. The number of nitrogens with zero attached hydrogens (tertiary/aromatic N) is 2. The van der Waals surface area contributed by atoms with Gasteiger partial charge >= 0.3 is 6.18 Å². The summed E-state index contributed by atoms with van der Waals surface area (Å²) in [5.41, 5.74) is 5.67. The number of alkyl halides is 3. The van der Waals surface area contributed by atoms with E-state index in [1.54, 1.807) is 18.2 Å². The van der Waals surface area contributed by atoms with Gasteiger partial charge in [0, 0.05) is 0 Å². The lowest BCUT2D eigenvalue weighted by molar-refractivity contribution is -0.137. The van der Waals surface area contributed by atoms with Crippen LogP contribution < -0.4 is 16.4 Å². The van der Waals surface area contributed by atoms with Crippen LogP contribution in [0.5, 0.6) is 0 Å². The van der Waals surface area contributed by atoms with E-state index in [1.807, 2.05) is 0 Å². The summed E-state index contributed by atoms with van der Waals surface area (Å²) >= 11 is 18.1. The van der Waals surface area contributed by atoms with Crippen molar-refractivity contribution in [2.45, 2.75) is 6.18 Å². The largest absolute Gasteiger partial charge is 0.416 e. The number of rotatable bonds is 4. The summed E-state index contributed by atoms with van der Waals surface area (Å²) in [7, 11) is 0. The zero-order chi connectivity index (χ0) is 20.5. The van der Waals surface area contributed by atoms with Gasteiger partial charge in [0.25, 0.3) is 0 Å². The van der Waals surface area contributed by atoms with Gasteiger partial charge in [-0.2, -0.15) is 13.2 Å². The highest BCUT2D eigenvalue weighted by Crippen LogP contribution is 2.37. The number of benzene rings is 2. The number of halogens is 6. The van der Waals surface area contributed by atoms with Crippen LogP contribution in [0.3, 0.4) is 0 Å². The Morgan fingerprint density at radius 1 is 0.857 bits per heavy atom. The summed E-state index contributed by atoms with van der Waals surface area (Å²) in [6, 6.07) is 7.83. The third kappa shape index (κ3) is 4.35. The Balaban J connectivity index is 1.93. The van der Waals surface area contributed by atoms with Crippen molar-refractivity contribution in [3.8, 4) is 0 Å². The van der Waals surface area contributed by atoms with Gasteiger partial charge in [0.1, 0.15) is 12.0 Å². The second-order valence-corrected chi connectivity index (χ2v) is 6.72. The number of nitrogen functional groups attached to an aromatic ring is 1. The molecule has 1 heterocycles. The maximum absolute atomic E-state index is 12.9. The standard InChI is InChI=1S/C17H11Cl3F3N5/c18-9-5-4-8(17(21,22)23)6-12(9)28-16-14(24)15(25-7-26-16)27-11-3-1-2-10(19)13(11)20/h1-7H,24H2,(H2,25,26,27,28). The molecule has 0 atom stereocenters. The number of aromatic nitrogens is 2. The first kappa shape index (κ1) is 20.3. The summed E-state index contributed by atoms with van der Waals surface area (Å²) in [5.74, 6) is 0.252. The molecule has 0 aliphatic carbocycles. The van der Waals surface area contributed by atoms with Crippen LogP contribution in [-0.2, 0) is 6.18 Å². The van der Waals surface area contributed by atoms with E-state index in [9.17, 15) is 13.2 Å². The van der Waals surface area contributed by atoms with Gasteiger partial charge in [0.15, 0.2) is 11.6 Å². The fraction of sp³-hybridized carbons (Fsp3) is 0.0588. The number of hydrogen-bond acceptors (Lipinski definition) is 5. The SMILES string of the molecule is Nc1c(Nc2cc(C(F)(F)F)ccc2Cl)ncnc1Nc1cccc(Cl)c1Cl. The van der Waals surface area contributed by atoms with Gasteiger partial charge in [-0.3, -0.25) is 0 Å². The zero-order valence-corrected chi connectivity index (χ0v) is 16.0. The zero-order valence-electron chi connectivity index (χ0n) is 13.8. The molecular formula is C17H11Cl3F3N5. The van der Waals surface area contributed by atoms with Crippen molar-refractivity contribution in [2.24, 2.45) is 0 Å². The van der Waals surface area contributed by atoms with E-state index >= 15 is 0 Å². The number of nitrogens with one attached hydrogen (secondary N) is 2. The molecule has 1 aromatic heterocycles. The van der Waals surface area contributed by atoms with Crippen molar-refractivity contribution in [2.75, 3.05) is 16.4 Å². The predicted molar refractivity (Wildman–Crippen MR) is 106 cm³/mol. The Morgan fingerprint density at radius 2 is 1.50 bits per heavy atom. The second kappa shape index (κ2) is 7.90. The first-order chi connectivity index (χ1) is 13.2. The van der Waals surface area contributed by atoms with E-state index < -0.39 is 11.7 Å². The van der Waals surface area contributed by atoms with E-state index in [0.717, 1.165) is 18.2 Å². The lowest BCUT2D eigenvalue weighted by Crippen LogP contribution is -2.08. The molecule has 0 unspecified atom stereocenters. The molecule has 28 heavy (non-hydrogen) atoms. The first-order valence-electron chi connectivity index (χ1n) is 7.62. The van der Waals surface area contributed by atoms with E-state index in [-0.39, 0.29) is 33.1 Å². The van der Waals surface area contributed by atoms with Crippen LogP contribution in [0.15, 0.2) is 42.7 Å². The predicted octanol–water partition coefficient (Wildman–Crippen LogP) is 6.53. The van der Waals surface area contributed by atoms with Crippen molar-refractivity contribution in [1.82, 2.24) is 9.97 Å². The molecule has 0 radical (unpaired) electrons. The Labute approximate surface area is 172 Å². The van der Waals surface area contributed by atoms with Gasteiger partial charge in [-0.15, -0.1) is 0 Å². The normalized spacial score (nSPS) is 11.4. The minimum Gasteiger partial charge on any atom is -0.393 e. The highest BCUT2D eigenvalue weighted by Gasteiger charge is 2.31. The molecule has 4 N–H and O–H groups in total. The van der Waals surface area contributed by atoms with Gasteiger partial charge in [0.05, 0.1) is 32.0 Å². The lowest BCUT2D eigenvalue weighted by atomic mass is 10.2. The van der Waals surface area contributed by atoms with Gasteiger partial charge < -0.3 is 16.4 Å². The molecule has 0 saturated carbocycles. The molecular weight excluding hydrogens is 438 g/mol. The number of hydrogen-bond donors (Lipinski definition) is 3. The van der Waals surface area contributed by atoms with Crippen molar-refractivity contribution >= 4 is 63.5 Å². The Bertz CT molecular complexity index is 1030. The molecule has 3 rings (SSSR count). The summed E-state index contributed by atoms with van der Waals surface area (Å²) in [6.07, 6.45) is -3.34. The van der Waals surface area contributed by atoms with Gasteiger partial charge in [-0.1, -0.05) is 40.9 Å². The van der Waals surface area contributed by atoms with Gasteiger partial charge in [-0.25, -0.2) is 9.97 Å². The van der Waals surface area contributed by atoms with Crippen LogP contribution in [0.4, 0.5) is 41.9 Å². The van der Waals surface area contributed by atoms with Crippen LogP contribution in [0.2, 0.25) is 15.1 Å². The summed E-state index contributed by atoms with van der Waals surface area (Å²) in [6.45, 7) is 0. The number of anilines is 5. The average molecular weight is 449 g/mol. The van der Waals surface area contributed by atoms with Crippen molar-refractivity contribution in [1.29, 1.82) is 0 Å². The monoisotopic (exact) mass is 447 g/mol. The van der Waals surface area contributed by atoms with Crippen molar-refractivity contribution in [3.63, 3.8) is 0 Å². The van der Waals surface area contributed by atoms with Crippen LogP contribution >= 0.6 is 34.8 Å². The molecule has 0 fully saturated rings. The molecule has 0 aliphatic heterocycles. The van der Waals surface area contributed by atoms with Crippen LogP contribution in [0.1, 0.15) is 5.56 Å². The maximum Gasteiger partial charge on any atom is 0.416 e. The molecule has 146 valence electrons. The minimum absolute atomic E-state index is 0.00590. The van der Waals surface area contributed by atoms with E-state index in [2.05, 4.69) is 20.6 Å². The number of nitrogens with two attached hydrogens (primary N) is 1. The van der Waals surface area contributed by atoms with Crippen molar-refractivity contribution < 1.29 is 13.2 Å². The minimum atomic E-state index is -4.52. The fourth-order valence-corrected chi connectivity index (χ4v) is 2.76. The smallest absolute Gasteiger partial charge is 0.393 e. The van der Waals surface area contributed by atoms with E-state index in [4.69, 9.17) is 40.5 Å².